The van der Waals surface area contributed by atoms with Crippen molar-refractivity contribution in [1.29, 1.82) is 0 Å². The van der Waals surface area contributed by atoms with Crippen LogP contribution in [-0.2, 0) is 17.7 Å². The van der Waals surface area contributed by atoms with Crippen molar-refractivity contribution >= 4 is 46.7 Å². The van der Waals surface area contributed by atoms with Gasteiger partial charge >= 0.3 is 11.9 Å². The number of benzene rings is 1. The van der Waals surface area contributed by atoms with Crippen LogP contribution in [0.5, 0.6) is 0 Å². The molecular weight excluding hydrogens is 473 g/mol. The molecule has 0 saturated carbocycles. The van der Waals surface area contributed by atoms with Gasteiger partial charge in [-0.05, 0) is 102 Å². The lowest BCUT2D eigenvalue weighted by Crippen LogP contribution is -2.35. The topological polar surface area (TPSA) is 71.1 Å². The van der Waals surface area contributed by atoms with Crippen molar-refractivity contribution in [3.63, 3.8) is 0 Å². The molecule has 0 aliphatic heterocycles. The van der Waals surface area contributed by atoms with Gasteiger partial charge in [-0.15, -0.1) is 0 Å². The molecule has 1 aromatic carbocycles. The lowest BCUT2D eigenvalue weighted by Gasteiger charge is -2.25. The standard InChI is InChI=1S/C22H42O6Si4/c1-29(2)27-31(5,6)17-9-15-25-21(23)19-11-13-20(14-12-19)22(24)26-16-10-18-32(7,8)28-30(3)4/h11-14,29-30H,9-10,15-18H2,1-8H3. The third-order valence-corrected chi connectivity index (χ3v) is 16.8. The summed E-state index contributed by atoms with van der Waals surface area (Å²) in [6, 6.07) is 8.40. The lowest BCUT2D eigenvalue weighted by molar-refractivity contribution is 0.0490. The predicted octanol–water partition coefficient (Wildman–Crippen LogP) is 5.19. The SMILES string of the molecule is C[SiH](C)O[Si](C)(C)CCCOC(=O)c1ccc(C(=O)OCCC[Si](C)(C)O[SiH](C)C)cc1. The van der Waals surface area contributed by atoms with E-state index in [4.69, 9.17) is 17.7 Å². The first-order valence-electron chi connectivity index (χ1n) is 11.6. The predicted molar refractivity (Wildman–Crippen MR) is 141 cm³/mol. The van der Waals surface area contributed by atoms with Gasteiger partial charge in [0.2, 0.25) is 0 Å². The molecule has 10 heteroatoms. The Bertz CT molecular complexity index is 659. The van der Waals surface area contributed by atoms with E-state index < -0.39 is 34.7 Å². The van der Waals surface area contributed by atoms with Crippen molar-refractivity contribution in [2.45, 2.75) is 77.3 Å². The summed E-state index contributed by atoms with van der Waals surface area (Å²) < 4.78 is 23.0. The first-order chi connectivity index (χ1) is 14.8. The quantitative estimate of drug-likeness (QED) is 0.193. The summed E-state index contributed by atoms with van der Waals surface area (Å²) in [6.07, 6.45) is 1.61. The van der Waals surface area contributed by atoms with E-state index >= 15 is 0 Å². The fourth-order valence-corrected chi connectivity index (χ4v) is 16.8. The molecule has 32 heavy (non-hydrogen) atoms. The molecule has 6 nitrogen and oxygen atoms in total. The average Bonchev–Trinajstić information content (AvgIpc) is 2.66. The molecule has 0 heterocycles. The zero-order chi connectivity index (χ0) is 24.4. The third kappa shape index (κ3) is 12.3. The van der Waals surface area contributed by atoms with Crippen LogP contribution < -0.4 is 0 Å². The van der Waals surface area contributed by atoms with Gasteiger partial charge in [-0.1, -0.05) is 0 Å². The van der Waals surface area contributed by atoms with Crippen molar-refractivity contribution in [3.8, 4) is 0 Å². The summed E-state index contributed by atoms with van der Waals surface area (Å²) in [5.74, 6) is -0.742. The molecule has 0 aliphatic rings. The van der Waals surface area contributed by atoms with Crippen molar-refractivity contribution in [2.24, 2.45) is 0 Å². The molecule has 182 valence electrons. The molecule has 0 aromatic heterocycles. The van der Waals surface area contributed by atoms with Gasteiger partial charge in [-0.3, -0.25) is 0 Å². The highest BCUT2D eigenvalue weighted by molar-refractivity contribution is 6.78. The lowest BCUT2D eigenvalue weighted by atomic mass is 10.1. The summed E-state index contributed by atoms with van der Waals surface area (Å²) in [5, 5.41) is 0. The zero-order valence-electron chi connectivity index (χ0n) is 21.2. The number of hydrogen-bond acceptors (Lipinski definition) is 6. The molecule has 0 atom stereocenters. The van der Waals surface area contributed by atoms with Crippen LogP contribution in [0, 0.1) is 0 Å². The van der Waals surface area contributed by atoms with Crippen LogP contribution in [0.2, 0.25) is 64.5 Å². The number of carbonyl (C=O) groups is 2. The zero-order valence-corrected chi connectivity index (χ0v) is 25.5. The van der Waals surface area contributed by atoms with E-state index in [0.717, 1.165) is 24.9 Å². The van der Waals surface area contributed by atoms with Gasteiger partial charge in [0.15, 0.2) is 34.7 Å². The van der Waals surface area contributed by atoms with Crippen LogP contribution in [0.3, 0.4) is 0 Å². The molecule has 0 bridgehead atoms. The maximum Gasteiger partial charge on any atom is 0.338 e. The van der Waals surface area contributed by atoms with Gasteiger partial charge in [0.25, 0.3) is 0 Å². The Hall–Kier alpha value is -1.05. The third-order valence-electron chi connectivity index (χ3n) is 4.78. The van der Waals surface area contributed by atoms with Crippen LogP contribution in [-0.4, -0.2) is 59.9 Å². The molecule has 0 saturated heterocycles. The second-order valence-corrected chi connectivity index (χ2v) is 24.0. The Morgan fingerprint density at radius 1 is 0.688 bits per heavy atom. The monoisotopic (exact) mass is 514 g/mol. The number of ether oxygens (including phenoxy) is 2. The highest BCUT2D eigenvalue weighted by atomic mass is 28.4. The van der Waals surface area contributed by atoms with E-state index in [9.17, 15) is 9.59 Å². The molecule has 0 fully saturated rings. The number of esters is 2. The largest absolute Gasteiger partial charge is 0.462 e. The Labute approximate surface area is 199 Å². The van der Waals surface area contributed by atoms with E-state index in [2.05, 4.69) is 52.4 Å². The summed E-state index contributed by atoms with van der Waals surface area (Å²) in [5.41, 5.74) is 0.873. The summed E-state index contributed by atoms with van der Waals surface area (Å²) in [4.78, 5) is 24.5. The van der Waals surface area contributed by atoms with Gasteiger partial charge in [0, 0.05) is 0 Å². The highest BCUT2D eigenvalue weighted by Crippen LogP contribution is 2.17. The minimum atomic E-state index is -1.65. The average molecular weight is 515 g/mol. The van der Waals surface area contributed by atoms with E-state index in [1.165, 1.54) is 0 Å². The molecule has 0 N–H and O–H groups in total. The van der Waals surface area contributed by atoms with E-state index in [1.54, 1.807) is 24.3 Å². The Kier molecular flexibility index (Phi) is 12.3. The van der Waals surface area contributed by atoms with Crippen LogP contribution in [0.15, 0.2) is 24.3 Å². The van der Waals surface area contributed by atoms with Crippen LogP contribution in [0.4, 0.5) is 0 Å². The minimum absolute atomic E-state index is 0.371. The smallest absolute Gasteiger partial charge is 0.338 e. The van der Waals surface area contributed by atoms with E-state index in [-0.39, 0.29) is 11.9 Å². The fourth-order valence-electron chi connectivity index (χ4n) is 3.63. The van der Waals surface area contributed by atoms with Gasteiger partial charge in [0.1, 0.15) is 0 Å². The fraction of sp³-hybridized carbons (Fsp3) is 0.636. The molecule has 1 rings (SSSR count). The highest BCUT2D eigenvalue weighted by Gasteiger charge is 2.24. The molecule has 0 aliphatic carbocycles. The van der Waals surface area contributed by atoms with E-state index in [1.807, 2.05) is 0 Å². The number of carbonyl (C=O) groups excluding carboxylic acids is 2. The van der Waals surface area contributed by atoms with Crippen molar-refractivity contribution in [1.82, 2.24) is 0 Å². The van der Waals surface area contributed by atoms with Crippen molar-refractivity contribution in [2.75, 3.05) is 13.2 Å². The molecular formula is C22H42O6Si4. The molecule has 0 amide bonds. The van der Waals surface area contributed by atoms with Crippen LogP contribution in [0.25, 0.3) is 0 Å². The van der Waals surface area contributed by atoms with Gasteiger partial charge in [-0.2, -0.15) is 0 Å². The van der Waals surface area contributed by atoms with Gasteiger partial charge in [-0.25, -0.2) is 9.59 Å². The van der Waals surface area contributed by atoms with Crippen molar-refractivity contribution < 1.29 is 27.3 Å². The maximum atomic E-state index is 12.3. The summed E-state index contributed by atoms with van der Waals surface area (Å²) >= 11 is 0. The Morgan fingerprint density at radius 2 is 1.00 bits per heavy atom. The summed E-state index contributed by atoms with van der Waals surface area (Å²) in [7, 11) is -5.39. The van der Waals surface area contributed by atoms with Crippen LogP contribution in [0.1, 0.15) is 33.6 Å². The minimum Gasteiger partial charge on any atom is -0.462 e. The second kappa shape index (κ2) is 13.6. The Morgan fingerprint density at radius 3 is 1.28 bits per heavy atom. The molecule has 1 aromatic rings. The second-order valence-electron chi connectivity index (χ2n) is 9.91. The first-order valence-corrected chi connectivity index (χ1v) is 23.4. The van der Waals surface area contributed by atoms with Crippen molar-refractivity contribution in [3.05, 3.63) is 35.4 Å². The van der Waals surface area contributed by atoms with Gasteiger partial charge < -0.3 is 17.7 Å². The Balaban J connectivity index is 2.38. The van der Waals surface area contributed by atoms with Gasteiger partial charge in [0.05, 0.1) is 24.3 Å². The number of rotatable bonds is 14. The summed E-state index contributed by atoms with van der Waals surface area (Å²) in [6.45, 7) is 18.3. The van der Waals surface area contributed by atoms with E-state index in [0.29, 0.717) is 24.3 Å². The normalized spacial score (nSPS) is 12.3. The molecule has 0 unspecified atom stereocenters. The van der Waals surface area contributed by atoms with Crippen LogP contribution >= 0.6 is 0 Å². The molecule has 0 spiro atoms. The molecule has 0 radical (unpaired) electrons. The number of hydrogen-bond donors (Lipinski definition) is 0. The first kappa shape index (κ1) is 29.0. The maximum absolute atomic E-state index is 12.3.